The first-order valence-corrected chi connectivity index (χ1v) is 9.17. The minimum atomic E-state index is -0.655. The fraction of sp³-hybridized carbons (Fsp3) is 0.100. The minimum absolute atomic E-state index is 0.0236. The lowest BCUT2D eigenvalue weighted by Gasteiger charge is -2.10. The Bertz CT molecular complexity index is 1290. The van der Waals surface area contributed by atoms with Gasteiger partial charge in [0.2, 0.25) is 0 Å². The third-order valence-corrected chi connectivity index (χ3v) is 4.42. The Labute approximate surface area is 170 Å². The van der Waals surface area contributed by atoms with Crippen molar-refractivity contribution in [2.75, 3.05) is 0 Å². The normalized spacial score (nSPS) is 10.7. The van der Waals surface area contributed by atoms with Gasteiger partial charge in [-0.3, -0.25) is 25.2 Å². The molecule has 0 aliphatic heterocycles. The molecule has 10 heteroatoms. The van der Waals surface area contributed by atoms with Crippen molar-refractivity contribution in [3.63, 3.8) is 0 Å². The van der Waals surface area contributed by atoms with Crippen molar-refractivity contribution >= 4 is 22.6 Å². The molecule has 2 N–H and O–H groups in total. The summed E-state index contributed by atoms with van der Waals surface area (Å²) < 4.78 is 2.65. The topological polar surface area (TPSA) is 124 Å². The number of amides is 2. The molecule has 0 fully saturated rings. The molecule has 30 heavy (non-hydrogen) atoms. The van der Waals surface area contributed by atoms with Gasteiger partial charge in [0.15, 0.2) is 11.4 Å². The average molecular weight is 403 g/mol. The van der Waals surface area contributed by atoms with Crippen molar-refractivity contribution in [2.24, 2.45) is 0 Å². The molecule has 4 rings (SSSR count). The van der Waals surface area contributed by atoms with Crippen LogP contribution >= 0.6 is 0 Å². The van der Waals surface area contributed by atoms with Gasteiger partial charge in [-0.2, -0.15) is 5.10 Å². The van der Waals surface area contributed by atoms with Gasteiger partial charge in [0, 0.05) is 11.9 Å². The van der Waals surface area contributed by atoms with Crippen LogP contribution in [0, 0.1) is 0 Å². The number of hydrogen-bond donors (Lipinski definition) is 2. The Balaban J connectivity index is 1.53. The summed E-state index contributed by atoms with van der Waals surface area (Å²) in [4.78, 5) is 37.4. The second-order valence-electron chi connectivity index (χ2n) is 6.31. The van der Waals surface area contributed by atoms with Gasteiger partial charge >= 0.3 is 0 Å². The van der Waals surface area contributed by atoms with Crippen LogP contribution in [0.5, 0.6) is 0 Å². The monoisotopic (exact) mass is 403 g/mol. The molecule has 0 atom stereocenters. The number of nitrogens with zero attached hydrogens (tertiary/aromatic N) is 5. The van der Waals surface area contributed by atoms with Gasteiger partial charge in [0.25, 0.3) is 17.4 Å². The molecule has 0 saturated heterocycles. The number of carbonyl (C=O) groups excluding carboxylic acids is 2. The van der Waals surface area contributed by atoms with Gasteiger partial charge < -0.3 is 0 Å². The highest BCUT2D eigenvalue weighted by Crippen LogP contribution is 2.13. The molecule has 10 nitrogen and oxygen atoms in total. The van der Waals surface area contributed by atoms with E-state index in [1.165, 1.54) is 15.6 Å². The number of hydrazine groups is 1. The maximum absolute atomic E-state index is 12.7. The van der Waals surface area contributed by atoms with Crippen LogP contribution in [0.15, 0.2) is 65.6 Å². The van der Waals surface area contributed by atoms with Crippen molar-refractivity contribution < 1.29 is 9.59 Å². The molecular formula is C20H17N7O3. The summed E-state index contributed by atoms with van der Waals surface area (Å²) in [6.07, 6.45) is 1.45. The maximum Gasteiger partial charge on any atom is 0.291 e. The third kappa shape index (κ3) is 3.53. The number of fused-ring (bicyclic) bond motifs is 1. The third-order valence-electron chi connectivity index (χ3n) is 4.42. The standard InChI is InChI=1S/C20H17N7O3/c1-2-26-20(30)15-11-7-6-10-14(15)17(24-26)19(29)23-22-18(28)16-12-27(25-21-16)13-8-4-3-5-9-13/h3-12H,2H2,1H3,(H,22,28)(H,23,29). The molecule has 2 aromatic carbocycles. The molecule has 150 valence electrons. The molecule has 4 aromatic rings. The lowest BCUT2D eigenvalue weighted by Crippen LogP contribution is -2.43. The summed E-state index contributed by atoms with van der Waals surface area (Å²) in [6.45, 7) is 2.06. The lowest BCUT2D eigenvalue weighted by atomic mass is 10.1. The van der Waals surface area contributed by atoms with Gasteiger partial charge in [0.1, 0.15) is 0 Å². The Morgan fingerprint density at radius 2 is 1.60 bits per heavy atom. The molecule has 0 aliphatic carbocycles. The zero-order chi connectivity index (χ0) is 21.1. The number of carbonyl (C=O) groups is 2. The molecule has 0 radical (unpaired) electrons. The summed E-state index contributed by atoms with van der Waals surface area (Å²) in [5.41, 5.74) is 5.12. The van der Waals surface area contributed by atoms with E-state index in [-0.39, 0.29) is 16.9 Å². The number of para-hydroxylation sites is 1. The number of aryl methyl sites for hydroxylation is 1. The largest absolute Gasteiger partial charge is 0.291 e. The maximum atomic E-state index is 12.7. The number of rotatable bonds is 4. The fourth-order valence-electron chi connectivity index (χ4n) is 2.93. The molecule has 0 unspecified atom stereocenters. The van der Waals surface area contributed by atoms with Crippen LogP contribution in [0.2, 0.25) is 0 Å². The van der Waals surface area contributed by atoms with Crippen molar-refractivity contribution in [1.29, 1.82) is 0 Å². The molecule has 2 heterocycles. The minimum Gasteiger partial charge on any atom is -0.267 e. The van der Waals surface area contributed by atoms with Crippen LogP contribution < -0.4 is 16.4 Å². The summed E-state index contributed by atoms with van der Waals surface area (Å²) in [7, 11) is 0. The highest BCUT2D eigenvalue weighted by molar-refractivity contribution is 6.05. The van der Waals surface area contributed by atoms with Crippen LogP contribution in [0.3, 0.4) is 0 Å². The lowest BCUT2D eigenvalue weighted by molar-refractivity contribution is 0.0841. The van der Waals surface area contributed by atoms with Crippen LogP contribution in [0.4, 0.5) is 0 Å². The Morgan fingerprint density at radius 1 is 0.933 bits per heavy atom. The highest BCUT2D eigenvalue weighted by atomic mass is 16.2. The number of benzene rings is 2. The van der Waals surface area contributed by atoms with Crippen LogP contribution in [0.1, 0.15) is 27.9 Å². The van der Waals surface area contributed by atoms with E-state index in [0.717, 1.165) is 5.69 Å². The Morgan fingerprint density at radius 3 is 2.33 bits per heavy atom. The molecule has 2 aromatic heterocycles. The molecular weight excluding hydrogens is 386 g/mol. The second-order valence-corrected chi connectivity index (χ2v) is 6.31. The Hall–Kier alpha value is -4.34. The zero-order valence-corrected chi connectivity index (χ0v) is 15.9. The van der Waals surface area contributed by atoms with E-state index >= 15 is 0 Å². The number of hydrogen-bond acceptors (Lipinski definition) is 6. The summed E-state index contributed by atoms with van der Waals surface area (Å²) in [5.74, 6) is -1.30. The number of aromatic nitrogens is 5. The molecule has 0 bridgehead atoms. The summed E-state index contributed by atoms with van der Waals surface area (Å²) in [5, 5.41) is 12.6. The first kappa shape index (κ1) is 19.0. The molecule has 0 spiro atoms. The summed E-state index contributed by atoms with van der Waals surface area (Å²) >= 11 is 0. The van der Waals surface area contributed by atoms with Crippen molar-refractivity contribution in [1.82, 2.24) is 35.6 Å². The summed E-state index contributed by atoms with van der Waals surface area (Å²) in [6, 6.07) is 15.8. The van der Waals surface area contributed by atoms with Gasteiger partial charge in [-0.05, 0) is 25.1 Å². The molecule has 0 aliphatic rings. The van der Waals surface area contributed by atoms with Crippen molar-refractivity contribution in [2.45, 2.75) is 13.5 Å². The van der Waals surface area contributed by atoms with Gasteiger partial charge in [0.05, 0.1) is 17.3 Å². The zero-order valence-electron chi connectivity index (χ0n) is 15.9. The van der Waals surface area contributed by atoms with Crippen molar-refractivity contribution in [3.05, 3.63) is 82.5 Å². The van der Waals surface area contributed by atoms with Crippen LogP contribution in [-0.4, -0.2) is 36.6 Å². The van der Waals surface area contributed by atoms with E-state index in [1.807, 2.05) is 30.3 Å². The fourth-order valence-corrected chi connectivity index (χ4v) is 2.93. The Kier molecular flexibility index (Phi) is 5.04. The quantitative estimate of drug-likeness (QED) is 0.491. The SMILES string of the molecule is CCn1nc(C(=O)NNC(=O)c2cn(-c3ccccc3)nn2)c2ccccc2c1=O. The first-order valence-electron chi connectivity index (χ1n) is 9.17. The number of nitrogens with one attached hydrogen (secondary N) is 2. The van der Waals surface area contributed by atoms with Crippen LogP contribution in [0.25, 0.3) is 16.5 Å². The second kappa shape index (κ2) is 7.95. The first-order chi connectivity index (χ1) is 14.6. The van der Waals surface area contributed by atoms with Gasteiger partial charge in [-0.25, -0.2) is 9.36 Å². The predicted octanol–water partition coefficient (Wildman–Crippen LogP) is 1.07. The molecule has 0 saturated carbocycles. The van der Waals surface area contributed by atoms with E-state index in [9.17, 15) is 14.4 Å². The van der Waals surface area contributed by atoms with E-state index in [1.54, 1.807) is 31.2 Å². The van der Waals surface area contributed by atoms with Crippen molar-refractivity contribution in [3.8, 4) is 5.69 Å². The van der Waals surface area contributed by atoms with E-state index in [4.69, 9.17) is 0 Å². The highest BCUT2D eigenvalue weighted by Gasteiger charge is 2.18. The van der Waals surface area contributed by atoms with E-state index < -0.39 is 11.8 Å². The van der Waals surface area contributed by atoms with Gasteiger partial charge in [-0.1, -0.05) is 41.6 Å². The van der Waals surface area contributed by atoms with E-state index in [0.29, 0.717) is 17.3 Å². The van der Waals surface area contributed by atoms with Crippen LogP contribution in [-0.2, 0) is 6.54 Å². The molecule has 2 amide bonds. The van der Waals surface area contributed by atoms with Gasteiger partial charge in [-0.15, -0.1) is 5.10 Å². The smallest absolute Gasteiger partial charge is 0.267 e. The van der Waals surface area contributed by atoms with E-state index in [2.05, 4.69) is 26.3 Å². The average Bonchev–Trinajstić information content (AvgIpc) is 3.29. The predicted molar refractivity (Wildman–Crippen MR) is 108 cm³/mol.